The molecule has 0 aromatic heterocycles. The number of nitrogens with zero attached hydrogens (tertiary/aromatic N) is 2. The Bertz CT molecular complexity index is 3570. The van der Waals surface area contributed by atoms with E-state index in [-0.39, 0.29) is 22.9 Å². The predicted octanol–water partition coefficient (Wildman–Crippen LogP) is -17.0. The number of rotatable bonds is 26. The maximum Gasteiger partial charge on any atom is 0.269 e. The summed E-state index contributed by atoms with van der Waals surface area (Å²) in [6, 6.07) is 4.54. The Hall–Kier alpha value is -6.80. The molecule has 8 heterocycles. The van der Waals surface area contributed by atoms with Crippen molar-refractivity contribution >= 4 is 35.0 Å². The van der Waals surface area contributed by atoms with Gasteiger partial charge in [0.15, 0.2) is 37.7 Å². The molecule has 2 aromatic carbocycles. The highest BCUT2D eigenvalue weighted by Gasteiger charge is 2.57. The highest BCUT2D eigenvalue weighted by atomic mass is 16.8. The van der Waals surface area contributed by atoms with Crippen molar-refractivity contribution in [2.75, 3.05) is 52.9 Å². The molecular formula is C68H106N6O48. The fraction of sp³-hybridized carbons (Fsp3) is 0.765. The van der Waals surface area contributed by atoms with Crippen LogP contribution < -0.4 is 30.7 Å². The Morgan fingerprint density at radius 3 is 0.869 bits per heavy atom. The highest BCUT2D eigenvalue weighted by Crippen LogP contribution is 2.36. The van der Waals surface area contributed by atoms with Crippen LogP contribution >= 0.6 is 0 Å². The van der Waals surface area contributed by atoms with E-state index in [0.717, 1.165) is 32.9 Å². The Labute approximate surface area is 688 Å². The molecule has 122 heavy (non-hydrogen) atoms. The molecule has 8 fully saturated rings. The fourth-order valence-electron chi connectivity index (χ4n) is 13.6. The third kappa shape index (κ3) is 25.3. The van der Waals surface area contributed by atoms with E-state index in [4.69, 9.17) is 71.4 Å². The van der Waals surface area contributed by atoms with Crippen molar-refractivity contribution in [1.29, 1.82) is 0 Å². The summed E-state index contributed by atoms with van der Waals surface area (Å²) in [6.45, 7) is -0.914. The molecule has 16 unspecified atom stereocenters. The molecular weight excluding hydrogens is 1670 g/mol. The second-order valence-electron chi connectivity index (χ2n) is 28.7. The number of nitrogens with one attached hydrogen (secondary N) is 4. The van der Waals surface area contributed by atoms with Crippen LogP contribution in [0.3, 0.4) is 0 Å². The van der Waals surface area contributed by atoms with Gasteiger partial charge in [-0.3, -0.25) is 39.4 Å². The number of nitro groups is 2. The van der Waals surface area contributed by atoms with Crippen LogP contribution in [-0.4, -0.2) is 464 Å². The lowest BCUT2D eigenvalue weighted by Gasteiger charge is -2.48. The van der Waals surface area contributed by atoms with Gasteiger partial charge >= 0.3 is 0 Å². The van der Waals surface area contributed by atoms with Crippen LogP contribution in [0, 0.1) is 20.2 Å². The van der Waals surface area contributed by atoms with Crippen LogP contribution in [0.4, 0.5) is 11.4 Å². The lowest BCUT2D eigenvalue weighted by Crippen LogP contribution is -2.69. The van der Waals surface area contributed by atoms with E-state index in [1.807, 2.05) is 0 Å². The first-order valence-electron chi connectivity index (χ1n) is 37.4. The SMILES string of the molecule is CC(=O)NC1[C@H](O)OC(CO)[C@@H](O[C@@H]2OC(CO)[C@H](O)[C@H](O)C2NC(C)=O)[C@@H]1O.CC(=O)NC1[C@H](Oc2ccc([N+](=O)[O-])cc2)OC(CO)[C@@H](O[C@@H]2OC(CO)[C@H](O)[C@H](O)C2NC(C)=O)[C@@H]1O.O=[N+]([O-])c1ccc(O[C@@H]2OC(CO)[C@@H](O[C@@H]3OC(CO)[C@H](O)[C@H](O)C3O)[C@H](O)C2O)cc1.OCC1O[C@@H](O)C(O)[C@@H](O)[C@@H]1O[C@@H]1OC(CO)[C@H](O)[C@H](O)C1O. The molecule has 8 aliphatic heterocycles. The number of benzene rings is 2. The Morgan fingerprint density at radius 1 is 0.287 bits per heavy atom. The molecule has 0 saturated carbocycles. The van der Waals surface area contributed by atoms with E-state index in [0.29, 0.717) is 0 Å². The van der Waals surface area contributed by atoms with Crippen molar-refractivity contribution in [2.24, 2.45) is 0 Å². The zero-order valence-electron chi connectivity index (χ0n) is 64.9. The molecule has 8 aliphatic rings. The number of hydrogen-bond donors (Lipinski definition) is 30. The number of amides is 4. The van der Waals surface area contributed by atoms with Crippen LogP contribution in [-0.2, 0) is 76.0 Å². The summed E-state index contributed by atoms with van der Waals surface area (Å²) >= 11 is 0. The molecule has 54 heteroatoms. The standard InChI is InChI=1S/C22H31N3O13.C18H25NO13.C16H28N2O11.C12H22O11/c1-9(28)23-15-18(31)17(30)13(7-26)36-22(15)38-20-14(8-27)37-21(16(19(20)32)24-10(2)29)35-12-5-3-11(4-6-12)25(33)34;20-5-9-11(22)12(23)14(25)18(30-9)32-16-10(6-21)31-17(15(26)13(16)24)29-8-3-1-7(2-4-8)19(27)28;1-5(21)17-9-13(25)14(8(4-20)27-15(9)26)29-16-10(18-6(2)22)12(24)11(23)7(3-19)28-16;13-1-3-5(15)6(16)9(19)12(22-3)23-10-4(2-14)21-11(20)8(18)7(10)17/h3-6,13-22,26-27,30-32H,7-8H2,1-2H3,(H,23,28)(H,24,29);1-4,9-18,20-26H,5-6H2;7-16,19-20,23-26H,3-4H2,1-2H3,(H,17,21)(H,18,22);3-20H,1-2H2/t13?,14?,15?,16?,17-,18+,19+,20+,21+,22-;9?,10?,11-,12-,13+,14?,15?,16+,17+,18-;7?,8?,9?,10?,11-,12+,13+,14+,15+,16-;3?,4?,5-,6-,7+,8?,9?,10+,11+,12-/m0000/s1. The molecule has 2 aromatic rings. The van der Waals surface area contributed by atoms with Crippen molar-refractivity contribution in [3.05, 3.63) is 68.8 Å². The first kappa shape index (κ1) is 102. The summed E-state index contributed by atoms with van der Waals surface area (Å²) in [4.78, 5) is 66.9. The Morgan fingerprint density at radius 2 is 0.533 bits per heavy atom. The van der Waals surface area contributed by atoms with Gasteiger partial charge in [0.25, 0.3) is 11.4 Å². The van der Waals surface area contributed by atoms with Gasteiger partial charge in [0.1, 0.15) is 207 Å². The van der Waals surface area contributed by atoms with Crippen molar-refractivity contribution in [1.82, 2.24) is 21.3 Å². The molecule has 40 atom stereocenters. The molecule has 0 bridgehead atoms. The molecule has 30 N–H and O–H groups in total. The van der Waals surface area contributed by atoms with Gasteiger partial charge < -0.3 is 220 Å². The quantitative estimate of drug-likeness (QED) is 0.0307. The van der Waals surface area contributed by atoms with Gasteiger partial charge in [0, 0.05) is 52.0 Å². The van der Waals surface area contributed by atoms with Gasteiger partial charge in [-0.15, -0.1) is 0 Å². The number of nitro benzene ring substituents is 2. The van der Waals surface area contributed by atoms with E-state index in [1.54, 1.807) is 0 Å². The Kier molecular flexibility index (Phi) is 39.1. The molecule has 696 valence electrons. The lowest BCUT2D eigenvalue weighted by molar-refractivity contribution is -0.385. The normalized spacial score (nSPS) is 41.4. The summed E-state index contributed by atoms with van der Waals surface area (Å²) in [6.07, 6.45) is -54.7. The predicted molar refractivity (Wildman–Crippen MR) is 384 cm³/mol. The topological polar surface area (TPSA) is 858 Å². The minimum absolute atomic E-state index is 0.0804. The third-order valence-electron chi connectivity index (χ3n) is 20.1. The van der Waals surface area contributed by atoms with Crippen LogP contribution in [0.25, 0.3) is 0 Å². The molecule has 0 aliphatic carbocycles. The average Bonchev–Trinajstić information content (AvgIpc) is 0.776. The second-order valence-corrected chi connectivity index (χ2v) is 28.7. The van der Waals surface area contributed by atoms with E-state index >= 15 is 0 Å². The zero-order chi connectivity index (χ0) is 90.9. The number of ether oxygens (including phenoxy) is 14. The van der Waals surface area contributed by atoms with Crippen LogP contribution in [0.5, 0.6) is 11.5 Å². The van der Waals surface area contributed by atoms with Gasteiger partial charge in [-0.25, -0.2) is 0 Å². The van der Waals surface area contributed by atoms with Crippen molar-refractivity contribution in [3.8, 4) is 11.5 Å². The number of aliphatic hydroxyl groups excluding tert-OH is 26. The first-order valence-corrected chi connectivity index (χ1v) is 37.4. The second kappa shape index (κ2) is 46.6. The van der Waals surface area contributed by atoms with E-state index in [1.165, 1.54) is 43.3 Å². The van der Waals surface area contributed by atoms with E-state index in [9.17, 15) is 167 Å². The average molecular weight is 1780 g/mol. The number of aliphatic hydroxyl groups is 26. The maximum atomic E-state index is 11.9. The number of carbonyl (C=O) groups is 4. The van der Waals surface area contributed by atoms with Crippen LogP contribution in [0.15, 0.2) is 48.5 Å². The van der Waals surface area contributed by atoms with Gasteiger partial charge in [-0.05, 0) is 24.3 Å². The monoisotopic (exact) mass is 1770 g/mol. The number of hydrogen-bond acceptors (Lipinski definition) is 48. The smallest absolute Gasteiger partial charge is 0.269 e. The fourth-order valence-corrected chi connectivity index (χ4v) is 13.6. The number of carbonyl (C=O) groups excluding carboxylic acids is 4. The van der Waals surface area contributed by atoms with E-state index < -0.39 is 332 Å². The lowest BCUT2D eigenvalue weighted by atomic mass is 9.94. The first-order chi connectivity index (χ1) is 57.5. The van der Waals surface area contributed by atoms with Crippen molar-refractivity contribution in [3.63, 3.8) is 0 Å². The summed E-state index contributed by atoms with van der Waals surface area (Å²) in [5, 5.41) is 289. The highest BCUT2D eigenvalue weighted by molar-refractivity contribution is 5.74. The van der Waals surface area contributed by atoms with Gasteiger partial charge in [0.2, 0.25) is 36.2 Å². The van der Waals surface area contributed by atoms with Crippen molar-refractivity contribution < 1.29 is 228 Å². The molecule has 54 nitrogen and oxygen atoms in total. The van der Waals surface area contributed by atoms with Gasteiger partial charge in [-0.1, -0.05) is 0 Å². The zero-order valence-corrected chi connectivity index (χ0v) is 64.9. The minimum atomic E-state index is -1.77. The molecule has 0 spiro atoms. The van der Waals surface area contributed by atoms with Crippen LogP contribution in [0.2, 0.25) is 0 Å². The molecule has 10 rings (SSSR count). The summed E-state index contributed by atoms with van der Waals surface area (Å²) in [7, 11) is 0. The molecule has 0 radical (unpaired) electrons. The maximum absolute atomic E-state index is 11.9. The molecule has 8 saturated heterocycles. The van der Waals surface area contributed by atoms with Crippen molar-refractivity contribution in [2.45, 2.75) is 273 Å². The van der Waals surface area contributed by atoms with E-state index in [2.05, 4.69) is 21.3 Å². The Balaban J connectivity index is 0.000000227. The van der Waals surface area contributed by atoms with Crippen LogP contribution in [0.1, 0.15) is 27.7 Å². The van der Waals surface area contributed by atoms with Gasteiger partial charge in [0.05, 0.1) is 62.7 Å². The molecule has 4 amide bonds. The van der Waals surface area contributed by atoms with Gasteiger partial charge in [-0.2, -0.15) is 0 Å². The minimum Gasteiger partial charge on any atom is -0.463 e. The number of non-ortho nitro benzene ring substituents is 2. The summed E-state index contributed by atoms with van der Waals surface area (Å²) in [5.74, 6) is -2.15. The largest absolute Gasteiger partial charge is 0.463 e. The third-order valence-corrected chi connectivity index (χ3v) is 20.1. The summed E-state index contributed by atoms with van der Waals surface area (Å²) in [5.41, 5.74) is -0.388. The summed E-state index contributed by atoms with van der Waals surface area (Å²) < 4.78 is 75.9.